The predicted molar refractivity (Wildman–Crippen MR) is 101 cm³/mol. The molecule has 8 heteroatoms. The summed E-state index contributed by atoms with van der Waals surface area (Å²) in [5.41, 5.74) is 6.27. The predicted octanol–water partition coefficient (Wildman–Crippen LogP) is 4.07. The molecule has 1 aromatic heterocycles. The van der Waals surface area contributed by atoms with Crippen LogP contribution in [0.15, 0.2) is 53.8 Å². The van der Waals surface area contributed by atoms with Crippen LogP contribution in [0.1, 0.15) is 18.4 Å². The minimum Gasteiger partial charge on any atom is -0.384 e. The van der Waals surface area contributed by atoms with Gasteiger partial charge in [0.1, 0.15) is 5.84 Å². The lowest BCUT2D eigenvalue weighted by Gasteiger charge is -2.13. The Balaban J connectivity index is 1.70. The van der Waals surface area contributed by atoms with Crippen molar-refractivity contribution >= 4 is 40.6 Å². The van der Waals surface area contributed by atoms with Crippen LogP contribution in [0.25, 0.3) is 0 Å². The number of anilines is 1. The van der Waals surface area contributed by atoms with Crippen LogP contribution in [0, 0.1) is 5.95 Å². The SMILES string of the molecule is NC(/C=C\Nc1ccnc(F)c1)=NC(=O)C1(c2ccc(Cl)cc2Cl)CC1. The van der Waals surface area contributed by atoms with Crippen molar-refractivity contribution in [3.63, 3.8) is 0 Å². The average Bonchev–Trinajstić information content (AvgIpc) is 3.36. The first kappa shape index (κ1) is 18.4. The summed E-state index contributed by atoms with van der Waals surface area (Å²) in [6.45, 7) is 0. The highest BCUT2D eigenvalue weighted by molar-refractivity contribution is 6.35. The van der Waals surface area contributed by atoms with E-state index in [0.717, 1.165) is 0 Å². The van der Waals surface area contributed by atoms with E-state index in [0.29, 0.717) is 34.1 Å². The van der Waals surface area contributed by atoms with Crippen molar-refractivity contribution in [3.05, 3.63) is 70.4 Å². The molecule has 3 N–H and O–H groups in total. The van der Waals surface area contributed by atoms with Gasteiger partial charge in [0.05, 0.1) is 5.41 Å². The maximum Gasteiger partial charge on any atom is 0.258 e. The first-order chi connectivity index (χ1) is 12.4. The second-order valence-corrected chi connectivity index (χ2v) is 6.74. The number of halogens is 3. The number of nitrogens with zero attached hydrogens (tertiary/aromatic N) is 2. The third-order valence-corrected chi connectivity index (χ3v) is 4.62. The highest BCUT2D eigenvalue weighted by Gasteiger charge is 2.52. The van der Waals surface area contributed by atoms with E-state index in [4.69, 9.17) is 28.9 Å². The van der Waals surface area contributed by atoms with Gasteiger partial charge in [0.2, 0.25) is 5.95 Å². The van der Waals surface area contributed by atoms with E-state index in [1.54, 1.807) is 24.3 Å². The Morgan fingerprint density at radius 2 is 2.08 bits per heavy atom. The molecule has 1 aliphatic carbocycles. The second-order valence-electron chi connectivity index (χ2n) is 5.89. The molecule has 1 fully saturated rings. The molecule has 0 spiro atoms. The fourth-order valence-corrected chi connectivity index (χ4v) is 3.17. The molecular formula is C18H15Cl2FN4O. The molecule has 0 radical (unpaired) electrons. The molecule has 1 heterocycles. The van der Waals surface area contributed by atoms with Crippen molar-refractivity contribution in [3.8, 4) is 0 Å². The molecule has 1 saturated carbocycles. The van der Waals surface area contributed by atoms with Crippen LogP contribution < -0.4 is 11.1 Å². The Morgan fingerprint density at radius 1 is 1.31 bits per heavy atom. The van der Waals surface area contributed by atoms with Gasteiger partial charge in [0, 0.05) is 34.2 Å². The summed E-state index contributed by atoms with van der Waals surface area (Å²) in [6.07, 6.45) is 5.54. The number of amidine groups is 1. The summed E-state index contributed by atoms with van der Waals surface area (Å²) >= 11 is 12.1. The molecule has 0 atom stereocenters. The first-order valence-electron chi connectivity index (χ1n) is 7.79. The topological polar surface area (TPSA) is 80.4 Å². The van der Waals surface area contributed by atoms with Gasteiger partial charge >= 0.3 is 0 Å². The van der Waals surface area contributed by atoms with Gasteiger partial charge in [0.25, 0.3) is 5.91 Å². The molecule has 26 heavy (non-hydrogen) atoms. The third-order valence-electron chi connectivity index (χ3n) is 4.07. The van der Waals surface area contributed by atoms with Gasteiger partial charge in [0.15, 0.2) is 0 Å². The maximum absolute atomic E-state index is 13.0. The van der Waals surface area contributed by atoms with Crippen LogP contribution in [0.3, 0.4) is 0 Å². The van der Waals surface area contributed by atoms with E-state index in [1.165, 1.54) is 24.5 Å². The van der Waals surface area contributed by atoms with E-state index in [9.17, 15) is 9.18 Å². The van der Waals surface area contributed by atoms with Crippen LogP contribution in [0.5, 0.6) is 0 Å². The Labute approximate surface area is 159 Å². The Hall–Kier alpha value is -2.44. The number of amides is 1. The van der Waals surface area contributed by atoms with E-state index in [2.05, 4.69) is 15.3 Å². The van der Waals surface area contributed by atoms with Crippen molar-refractivity contribution < 1.29 is 9.18 Å². The Morgan fingerprint density at radius 3 is 2.73 bits per heavy atom. The van der Waals surface area contributed by atoms with Gasteiger partial charge < -0.3 is 11.1 Å². The Kier molecular flexibility index (Phi) is 5.25. The second kappa shape index (κ2) is 7.43. The highest BCUT2D eigenvalue weighted by Crippen LogP contribution is 2.51. The summed E-state index contributed by atoms with van der Waals surface area (Å²) in [6, 6.07) is 7.87. The molecule has 0 aliphatic heterocycles. The van der Waals surface area contributed by atoms with E-state index >= 15 is 0 Å². The number of hydrogen-bond acceptors (Lipinski definition) is 3. The first-order valence-corrected chi connectivity index (χ1v) is 8.55. The largest absolute Gasteiger partial charge is 0.384 e. The van der Waals surface area contributed by atoms with Gasteiger partial charge in [-0.3, -0.25) is 4.79 Å². The number of nitrogens with two attached hydrogens (primary N) is 1. The van der Waals surface area contributed by atoms with Gasteiger partial charge in [-0.2, -0.15) is 9.38 Å². The minimum absolute atomic E-state index is 0.0355. The van der Waals surface area contributed by atoms with Crippen LogP contribution in [-0.2, 0) is 10.2 Å². The van der Waals surface area contributed by atoms with E-state index in [-0.39, 0.29) is 11.7 Å². The fourth-order valence-electron chi connectivity index (χ4n) is 2.58. The molecule has 0 bridgehead atoms. The number of nitrogens with one attached hydrogen (secondary N) is 1. The zero-order valence-corrected chi connectivity index (χ0v) is 15.1. The molecule has 1 aliphatic rings. The van der Waals surface area contributed by atoms with E-state index < -0.39 is 11.4 Å². The number of hydrogen-bond donors (Lipinski definition) is 2. The molecule has 3 rings (SSSR count). The lowest BCUT2D eigenvalue weighted by atomic mass is 9.95. The summed E-state index contributed by atoms with van der Waals surface area (Å²) in [4.78, 5) is 20.0. The number of carbonyl (C=O) groups is 1. The standard InChI is InChI=1S/C18H15Cl2FN4O/c19-11-1-2-13(14(20)9-11)18(5-6-18)17(26)25-16(22)4-8-23-12-3-7-24-15(21)10-12/h1-4,7-10H,5-6H2,(H,23,24)(H2,22,25,26)/b8-4-. The molecule has 5 nitrogen and oxygen atoms in total. The van der Waals surface area contributed by atoms with Gasteiger partial charge in [-0.05, 0) is 42.7 Å². The maximum atomic E-state index is 13.0. The molecule has 0 unspecified atom stereocenters. The van der Waals surface area contributed by atoms with Gasteiger partial charge in [-0.25, -0.2) is 4.98 Å². The van der Waals surface area contributed by atoms with Gasteiger partial charge in [-0.1, -0.05) is 29.3 Å². The van der Waals surface area contributed by atoms with Crippen LogP contribution in [0.4, 0.5) is 10.1 Å². The lowest BCUT2D eigenvalue weighted by molar-refractivity contribution is -0.120. The van der Waals surface area contributed by atoms with Crippen LogP contribution >= 0.6 is 23.2 Å². The van der Waals surface area contributed by atoms with Crippen LogP contribution in [0.2, 0.25) is 10.0 Å². The van der Waals surface area contributed by atoms with Crippen molar-refractivity contribution in [2.45, 2.75) is 18.3 Å². The molecule has 134 valence electrons. The zero-order valence-electron chi connectivity index (χ0n) is 13.5. The zero-order chi connectivity index (χ0) is 18.7. The summed E-state index contributed by atoms with van der Waals surface area (Å²) in [5, 5.41) is 3.77. The number of pyridine rings is 1. The molecule has 1 amide bonds. The quantitative estimate of drug-likeness (QED) is 0.456. The molecule has 1 aromatic carbocycles. The van der Waals surface area contributed by atoms with Crippen molar-refractivity contribution in [2.75, 3.05) is 5.32 Å². The Bertz CT molecular complexity index is 910. The van der Waals surface area contributed by atoms with Gasteiger partial charge in [-0.15, -0.1) is 0 Å². The van der Waals surface area contributed by atoms with E-state index in [1.807, 2.05) is 0 Å². The normalized spacial score (nSPS) is 15.9. The number of aliphatic imine (C=N–C) groups is 1. The minimum atomic E-state index is -0.734. The third kappa shape index (κ3) is 4.03. The molecule has 0 saturated heterocycles. The fraction of sp³-hybridized carbons (Fsp3) is 0.167. The molecule has 2 aromatic rings. The monoisotopic (exact) mass is 392 g/mol. The summed E-state index contributed by atoms with van der Waals surface area (Å²) in [7, 11) is 0. The van der Waals surface area contributed by atoms with Crippen molar-refractivity contribution in [1.82, 2.24) is 4.98 Å². The summed E-state index contributed by atoms with van der Waals surface area (Å²) in [5.74, 6) is -0.914. The number of rotatable bonds is 5. The average molecular weight is 393 g/mol. The smallest absolute Gasteiger partial charge is 0.258 e. The number of carbonyl (C=O) groups excluding carboxylic acids is 1. The highest BCUT2D eigenvalue weighted by atomic mass is 35.5. The lowest BCUT2D eigenvalue weighted by Crippen LogP contribution is -2.22. The number of aromatic nitrogens is 1. The summed E-state index contributed by atoms with van der Waals surface area (Å²) < 4.78 is 13.0. The van der Waals surface area contributed by atoms with Crippen molar-refractivity contribution in [1.29, 1.82) is 0 Å². The molecular weight excluding hydrogens is 378 g/mol. The van der Waals surface area contributed by atoms with Crippen LogP contribution in [-0.4, -0.2) is 16.7 Å². The number of benzene rings is 1. The van der Waals surface area contributed by atoms with Crippen molar-refractivity contribution in [2.24, 2.45) is 10.7 Å².